The van der Waals surface area contributed by atoms with Crippen molar-refractivity contribution >= 4 is 11.9 Å². The van der Waals surface area contributed by atoms with Gasteiger partial charge < -0.3 is 24.6 Å². The van der Waals surface area contributed by atoms with Gasteiger partial charge in [-0.2, -0.15) is 0 Å². The van der Waals surface area contributed by atoms with E-state index in [1.807, 2.05) is 6.92 Å². The molecule has 2 aromatic rings. The topological polar surface area (TPSA) is 94.1 Å². The van der Waals surface area contributed by atoms with Crippen LogP contribution in [0.15, 0.2) is 36.4 Å². The Morgan fingerprint density at radius 2 is 2.04 bits per heavy atom. The lowest BCUT2D eigenvalue weighted by Crippen LogP contribution is -2.33. The van der Waals surface area contributed by atoms with Crippen molar-refractivity contribution in [2.24, 2.45) is 0 Å². The molecule has 1 aliphatic heterocycles. The van der Waals surface area contributed by atoms with Gasteiger partial charge in [0.15, 0.2) is 17.5 Å². The fraction of sp³-hybridized carbons (Fsp3) is 0.300. The number of aliphatic carboxylic acids is 1. The van der Waals surface area contributed by atoms with Crippen molar-refractivity contribution in [1.29, 1.82) is 0 Å². The number of carbonyl (C=O) groups is 2. The molecule has 2 aromatic carbocycles. The molecular weight excluding hydrogens is 350 g/mol. The normalized spacial score (nSPS) is 13.3. The van der Waals surface area contributed by atoms with Gasteiger partial charge in [0.05, 0.1) is 20.3 Å². The van der Waals surface area contributed by atoms with E-state index in [9.17, 15) is 14.7 Å². The van der Waals surface area contributed by atoms with Crippen molar-refractivity contribution in [3.8, 4) is 17.2 Å². The molecule has 0 aromatic heterocycles. The quantitative estimate of drug-likeness (QED) is 0.777. The van der Waals surface area contributed by atoms with E-state index in [1.165, 1.54) is 13.2 Å². The Morgan fingerprint density at radius 3 is 2.74 bits per heavy atom. The zero-order valence-electron chi connectivity index (χ0n) is 15.2. The van der Waals surface area contributed by atoms with E-state index in [0.29, 0.717) is 30.3 Å². The summed E-state index contributed by atoms with van der Waals surface area (Å²) in [7, 11) is 1.48. The average Bonchev–Trinajstić information content (AvgIpc) is 3.13. The first-order valence-electron chi connectivity index (χ1n) is 8.63. The lowest BCUT2D eigenvalue weighted by molar-refractivity contribution is -0.139. The number of ether oxygens (including phenoxy) is 3. The minimum absolute atomic E-state index is 0.283. The number of carboxylic acids is 1. The van der Waals surface area contributed by atoms with Crippen LogP contribution >= 0.6 is 0 Å². The number of benzene rings is 2. The molecule has 27 heavy (non-hydrogen) atoms. The van der Waals surface area contributed by atoms with Crippen molar-refractivity contribution in [3.63, 3.8) is 0 Å². The molecule has 3 rings (SSSR count). The zero-order chi connectivity index (χ0) is 19.4. The summed E-state index contributed by atoms with van der Waals surface area (Å²) >= 11 is 0. The average molecular weight is 371 g/mol. The van der Waals surface area contributed by atoms with Crippen LogP contribution < -0.4 is 19.5 Å². The van der Waals surface area contributed by atoms with E-state index in [-0.39, 0.29) is 5.56 Å². The maximum Gasteiger partial charge on any atom is 0.330 e. The van der Waals surface area contributed by atoms with Crippen LogP contribution in [0.4, 0.5) is 0 Å². The van der Waals surface area contributed by atoms with Gasteiger partial charge in [0.1, 0.15) is 5.75 Å². The first-order chi connectivity index (χ1) is 13.0. The number of methoxy groups -OCH3 is 1. The van der Waals surface area contributed by atoms with E-state index < -0.39 is 17.9 Å². The molecule has 142 valence electrons. The summed E-state index contributed by atoms with van der Waals surface area (Å²) < 4.78 is 16.1. The number of nitrogens with one attached hydrogen (secondary N) is 1. The Morgan fingerprint density at radius 1 is 1.22 bits per heavy atom. The largest absolute Gasteiger partial charge is 0.493 e. The maximum absolute atomic E-state index is 12.6. The smallest absolute Gasteiger partial charge is 0.330 e. The maximum atomic E-state index is 12.6. The highest BCUT2D eigenvalue weighted by atomic mass is 16.5. The summed E-state index contributed by atoms with van der Waals surface area (Å²) in [6, 6.07) is 8.70. The third kappa shape index (κ3) is 3.97. The summed E-state index contributed by atoms with van der Waals surface area (Å²) in [4.78, 5) is 24.3. The lowest BCUT2D eigenvalue weighted by Gasteiger charge is -2.17. The minimum Gasteiger partial charge on any atom is -0.493 e. The number of hydrogen-bond acceptors (Lipinski definition) is 5. The summed E-state index contributed by atoms with van der Waals surface area (Å²) in [6.07, 6.45) is 0.722. The van der Waals surface area contributed by atoms with Gasteiger partial charge in [-0.05, 0) is 48.4 Å². The van der Waals surface area contributed by atoms with Gasteiger partial charge in [-0.1, -0.05) is 6.07 Å². The molecule has 7 heteroatoms. The predicted octanol–water partition coefficient (Wildman–Crippen LogP) is 2.58. The van der Waals surface area contributed by atoms with Crippen LogP contribution in [0.1, 0.15) is 34.5 Å². The Balaban J connectivity index is 1.82. The zero-order valence-corrected chi connectivity index (χ0v) is 15.2. The first-order valence-corrected chi connectivity index (χ1v) is 8.63. The standard InChI is InChI=1S/C20H21NO6/c1-3-26-16-7-5-14(11-17(16)25-2)19(22)21-18(20(23)24)13-4-6-15-12(10-13)8-9-27-15/h4-7,10-11,18H,3,8-9H2,1-2H3,(H,21,22)(H,23,24). The fourth-order valence-corrected chi connectivity index (χ4v) is 2.97. The van der Waals surface area contributed by atoms with Crippen LogP contribution in [-0.2, 0) is 11.2 Å². The van der Waals surface area contributed by atoms with Crippen molar-refractivity contribution in [1.82, 2.24) is 5.32 Å². The van der Waals surface area contributed by atoms with Crippen LogP contribution in [0.2, 0.25) is 0 Å². The third-order valence-corrected chi connectivity index (χ3v) is 4.29. The Kier molecular flexibility index (Phi) is 5.49. The fourth-order valence-electron chi connectivity index (χ4n) is 2.97. The molecule has 7 nitrogen and oxygen atoms in total. The molecule has 0 saturated carbocycles. The lowest BCUT2D eigenvalue weighted by atomic mass is 10.0. The first kappa shape index (κ1) is 18.6. The van der Waals surface area contributed by atoms with Gasteiger partial charge in [-0.3, -0.25) is 4.79 Å². The molecule has 1 aliphatic rings. The van der Waals surface area contributed by atoms with Gasteiger partial charge in [0.25, 0.3) is 5.91 Å². The van der Waals surface area contributed by atoms with Crippen LogP contribution in [0.25, 0.3) is 0 Å². The van der Waals surface area contributed by atoms with Crippen molar-refractivity contribution in [2.75, 3.05) is 20.3 Å². The van der Waals surface area contributed by atoms with Gasteiger partial charge in [-0.25, -0.2) is 4.79 Å². The molecular formula is C20H21NO6. The summed E-state index contributed by atoms with van der Waals surface area (Å²) in [5.41, 5.74) is 1.72. The Labute approximate surface area is 156 Å². The molecule has 1 amide bonds. The van der Waals surface area contributed by atoms with E-state index in [4.69, 9.17) is 14.2 Å². The number of carbonyl (C=O) groups excluding carboxylic acids is 1. The van der Waals surface area contributed by atoms with Crippen molar-refractivity contribution in [3.05, 3.63) is 53.1 Å². The summed E-state index contributed by atoms with van der Waals surface area (Å²) in [6.45, 7) is 2.89. The van der Waals surface area contributed by atoms with Crippen molar-refractivity contribution in [2.45, 2.75) is 19.4 Å². The monoisotopic (exact) mass is 371 g/mol. The second kappa shape index (κ2) is 7.99. The van der Waals surface area contributed by atoms with Gasteiger partial charge in [0, 0.05) is 12.0 Å². The molecule has 0 aliphatic carbocycles. The predicted molar refractivity (Wildman–Crippen MR) is 97.6 cm³/mol. The Hall–Kier alpha value is -3.22. The SMILES string of the molecule is CCOc1ccc(C(=O)NC(C(=O)O)c2ccc3c(c2)CCO3)cc1OC. The third-order valence-electron chi connectivity index (χ3n) is 4.29. The number of rotatable bonds is 7. The highest BCUT2D eigenvalue weighted by Crippen LogP contribution is 2.30. The summed E-state index contributed by atoms with van der Waals surface area (Å²) in [5, 5.41) is 12.2. The highest BCUT2D eigenvalue weighted by Gasteiger charge is 2.25. The number of carboxylic acid groups (broad SMARTS) is 1. The number of fused-ring (bicyclic) bond motifs is 1. The van der Waals surface area contributed by atoms with Crippen LogP contribution in [0.3, 0.4) is 0 Å². The number of hydrogen-bond donors (Lipinski definition) is 2. The van der Waals surface area contributed by atoms with Gasteiger partial charge in [0.2, 0.25) is 0 Å². The van der Waals surface area contributed by atoms with Gasteiger partial charge >= 0.3 is 5.97 Å². The summed E-state index contributed by atoms with van der Waals surface area (Å²) in [5.74, 6) is 0.0297. The molecule has 0 saturated heterocycles. The van der Waals surface area contributed by atoms with E-state index in [1.54, 1.807) is 30.3 Å². The van der Waals surface area contributed by atoms with Gasteiger partial charge in [-0.15, -0.1) is 0 Å². The number of amides is 1. The molecule has 1 atom stereocenters. The molecule has 0 bridgehead atoms. The molecule has 0 fully saturated rings. The minimum atomic E-state index is -1.17. The van der Waals surface area contributed by atoms with Crippen molar-refractivity contribution < 1.29 is 28.9 Å². The molecule has 1 unspecified atom stereocenters. The van der Waals surface area contributed by atoms with E-state index >= 15 is 0 Å². The Bertz CT molecular complexity index is 864. The highest BCUT2D eigenvalue weighted by molar-refractivity contribution is 5.97. The van der Waals surface area contributed by atoms with E-state index in [0.717, 1.165) is 17.7 Å². The van der Waals surface area contributed by atoms with Crippen LogP contribution in [0, 0.1) is 0 Å². The molecule has 0 spiro atoms. The second-order valence-corrected chi connectivity index (χ2v) is 6.01. The van der Waals surface area contributed by atoms with Crippen LogP contribution in [-0.4, -0.2) is 37.3 Å². The molecule has 0 radical (unpaired) electrons. The second-order valence-electron chi connectivity index (χ2n) is 6.01. The molecule has 1 heterocycles. The van der Waals surface area contributed by atoms with E-state index in [2.05, 4.69) is 5.32 Å². The molecule has 2 N–H and O–H groups in total. The van der Waals surface area contributed by atoms with Crippen LogP contribution in [0.5, 0.6) is 17.2 Å².